The van der Waals surface area contributed by atoms with E-state index in [4.69, 9.17) is 4.42 Å². The molecule has 5 nitrogen and oxygen atoms in total. The highest BCUT2D eigenvalue weighted by Crippen LogP contribution is 2.25. The molecule has 0 aliphatic carbocycles. The Hall–Kier alpha value is -2.63. The van der Waals surface area contributed by atoms with Crippen LogP contribution in [0.3, 0.4) is 0 Å². The predicted octanol–water partition coefficient (Wildman–Crippen LogP) is 2.68. The smallest absolute Gasteiger partial charge is 0.290 e. The third kappa shape index (κ3) is 3.97. The van der Waals surface area contributed by atoms with Crippen LogP contribution < -0.4 is 5.32 Å². The standard InChI is InChI=1S/C17H19FN2O3/c1-3-19-16(21)11-20(4-2)17(22)15-10-9-14(23-15)12-7-5-6-8-13(12)18/h5-10H,3-4,11H2,1-2H3,(H,19,21). The number of carbonyl (C=O) groups is 2. The molecular formula is C17H19FN2O3. The van der Waals surface area contributed by atoms with Gasteiger partial charge in [0.2, 0.25) is 5.91 Å². The topological polar surface area (TPSA) is 62.6 Å². The van der Waals surface area contributed by atoms with Gasteiger partial charge in [-0.3, -0.25) is 9.59 Å². The van der Waals surface area contributed by atoms with E-state index in [0.29, 0.717) is 18.7 Å². The normalized spacial score (nSPS) is 10.4. The third-order valence-electron chi connectivity index (χ3n) is 3.33. The average molecular weight is 318 g/mol. The fourth-order valence-corrected chi connectivity index (χ4v) is 2.17. The molecule has 6 heteroatoms. The largest absolute Gasteiger partial charge is 0.451 e. The number of benzene rings is 1. The molecule has 0 spiro atoms. The Kier molecular flexibility index (Phi) is 5.51. The minimum Gasteiger partial charge on any atom is -0.451 e. The zero-order valence-corrected chi connectivity index (χ0v) is 13.1. The molecule has 1 aromatic heterocycles. The number of furan rings is 1. The summed E-state index contributed by atoms with van der Waals surface area (Å²) in [6.07, 6.45) is 0. The van der Waals surface area contributed by atoms with Gasteiger partial charge in [-0.1, -0.05) is 12.1 Å². The molecule has 0 saturated carbocycles. The number of likely N-dealkylation sites (N-methyl/N-ethyl adjacent to an activating group) is 2. The summed E-state index contributed by atoms with van der Waals surface area (Å²) in [5.74, 6) is -0.699. The van der Waals surface area contributed by atoms with Gasteiger partial charge in [0.25, 0.3) is 5.91 Å². The number of carbonyl (C=O) groups excluding carboxylic acids is 2. The van der Waals surface area contributed by atoms with Gasteiger partial charge in [0.15, 0.2) is 5.76 Å². The van der Waals surface area contributed by atoms with Gasteiger partial charge in [0, 0.05) is 13.1 Å². The van der Waals surface area contributed by atoms with Crippen molar-refractivity contribution in [1.29, 1.82) is 0 Å². The number of hydrogen-bond donors (Lipinski definition) is 1. The van der Waals surface area contributed by atoms with Gasteiger partial charge in [-0.2, -0.15) is 0 Å². The molecule has 1 aromatic carbocycles. The highest BCUT2D eigenvalue weighted by Gasteiger charge is 2.21. The number of nitrogens with one attached hydrogen (secondary N) is 1. The average Bonchev–Trinajstić information content (AvgIpc) is 3.02. The molecule has 0 unspecified atom stereocenters. The lowest BCUT2D eigenvalue weighted by molar-refractivity contribution is -0.121. The third-order valence-corrected chi connectivity index (χ3v) is 3.33. The lowest BCUT2D eigenvalue weighted by Gasteiger charge is -2.18. The molecule has 0 aliphatic rings. The van der Waals surface area contributed by atoms with Crippen LogP contribution in [0.5, 0.6) is 0 Å². The van der Waals surface area contributed by atoms with E-state index in [-0.39, 0.29) is 24.0 Å². The van der Waals surface area contributed by atoms with Crippen molar-refractivity contribution in [2.45, 2.75) is 13.8 Å². The van der Waals surface area contributed by atoms with Crippen LogP contribution in [-0.2, 0) is 4.79 Å². The fourth-order valence-electron chi connectivity index (χ4n) is 2.17. The Morgan fingerprint density at radius 3 is 2.57 bits per heavy atom. The summed E-state index contributed by atoms with van der Waals surface area (Å²) >= 11 is 0. The van der Waals surface area contributed by atoms with Gasteiger partial charge in [-0.25, -0.2) is 4.39 Å². The second-order valence-electron chi connectivity index (χ2n) is 4.92. The van der Waals surface area contributed by atoms with E-state index in [9.17, 15) is 14.0 Å². The first kappa shape index (κ1) is 16.7. The van der Waals surface area contributed by atoms with Gasteiger partial charge in [0.1, 0.15) is 11.6 Å². The summed E-state index contributed by atoms with van der Waals surface area (Å²) in [4.78, 5) is 25.4. The van der Waals surface area contributed by atoms with Crippen LogP contribution in [0.4, 0.5) is 4.39 Å². The van der Waals surface area contributed by atoms with Crippen LogP contribution in [-0.4, -0.2) is 36.3 Å². The summed E-state index contributed by atoms with van der Waals surface area (Å²) in [7, 11) is 0. The molecule has 0 saturated heterocycles. The van der Waals surface area contributed by atoms with E-state index in [1.165, 1.54) is 17.0 Å². The Labute approximate surface area is 134 Å². The summed E-state index contributed by atoms with van der Waals surface area (Å²) in [5, 5.41) is 2.64. The monoisotopic (exact) mass is 318 g/mol. The van der Waals surface area contributed by atoms with Crippen molar-refractivity contribution in [3.63, 3.8) is 0 Å². The van der Waals surface area contributed by atoms with Crippen LogP contribution in [0.15, 0.2) is 40.8 Å². The molecule has 0 fully saturated rings. The Morgan fingerprint density at radius 2 is 1.91 bits per heavy atom. The van der Waals surface area contributed by atoms with Crippen LogP contribution in [0, 0.1) is 5.82 Å². The minimum atomic E-state index is -0.421. The lowest BCUT2D eigenvalue weighted by atomic mass is 10.1. The van der Waals surface area contributed by atoms with Crippen molar-refractivity contribution >= 4 is 11.8 Å². The summed E-state index contributed by atoms with van der Waals surface area (Å²) < 4.78 is 19.2. The minimum absolute atomic E-state index is 0.0428. The van der Waals surface area contributed by atoms with Crippen molar-refractivity contribution in [3.05, 3.63) is 48.0 Å². The summed E-state index contributed by atoms with van der Waals surface area (Å²) in [5.41, 5.74) is 0.290. The highest BCUT2D eigenvalue weighted by molar-refractivity contribution is 5.94. The Balaban J connectivity index is 2.17. The SMILES string of the molecule is CCNC(=O)CN(CC)C(=O)c1ccc(-c2ccccc2F)o1. The van der Waals surface area contributed by atoms with Crippen molar-refractivity contribution < 1.29 is 18.4 Å². The Bertz CT molecular complexity index is 697. The van der Waals surface area contributed by atoms with E-state index in [1.807, 2.05) is 6.92 Å². The Morgan fingerprint density at radius 1 is 1.17 bits per heavy atom. The van der Waals surface area contributed by atoms with E-state index >= 15 is 0 Å². The highest BCUT2D eigenvalue weighted by atomic mass is 19.1. The molecule has 0 radical (unpaired) electrons. The van der Waals surface area contributed by atoms with Crippen molar-refractivity contribution in [1.82, 2.24) is 10.2 Å². The fraction of sp³-hybridized carbons (Fsp3) is 0.294. The van der Waals surface area contributed by atoms with E-state index in [1.54, 1.807) is 31.2 Å². The molecule has 2 amide bonds. The molecule has 2 rings (SSSR count). The first-order chi connectivity index (χ1) is 11.1. The second-order valence-corrected chi connectivity index (χ2v) is 4.92. The first-order valence-corrected chi connectivity index (χ1v) is 7.47. The van der Waals surface area contributed by atoms with Gasteiger partial charge in [-0.05, 0) is 38.1 Å². The first-order valence-electron chi connectivity index (χ1n) is 7.47. The molecule has 122 valence electrons. The van der Waals surface area contributed by atoms with Gasteiger partial charge in [0.05, 0.1) is 12.1 Å². The number of halogens is 1. The number of hydrogen-bond acceptors (Lipinski definition) is 3. The molecule has 23 heavy (non-hydrogen) atoms. The molecule has 1 N–H and O–H groups in total. The zero-order chi connectivity index (χ0) is 16.8. The van der Waals surface area contributed by atoms with Gasteiger partial charge >= 0.3 is 0 Å². The van der Waals surface area contributed by atoms with Crippen molar-refractivity contribution in [3.8, 4) is 11.3 Å². The van der Waals surface area contributed by atoms with Crippen LogP contribution in [0.1, 0.15) is 24.4 Å². The molecule has 2 aromatic rings. The maximum Gasteiger partial charge on any atom is 0.290 e. The van der Waals surface area contributed by atoms with Crippen LogP contribution >= 0.6 is 0 Å². The van der Waals surface area contributed by atoms with Gasteiger partial charge < -0.3 is 14.6 Å². The maximum atomic E-state index is 13.8. The van der Waals surface area contributed by atoms with Crippen LogP contribution in [0.2, 0.25) is 0 Å². The molecule has 0 bridgehead atoms. The molecule has 0 aliphatic heterocycles. The lowest BCUT2D eigenvalue weighted by Crippen LogP contribution is -2.40. The van der Waals surface area contributed by atoms with Crippen molar-refractivity contribution in [2.24, 2.45) is 0 Å². The second kappa shape index (κ2) is 7.58. The summed E-state index contributed by atoms with van der Waals surface area (Å²) in [6, 6.07) is 9.21. The van der Waals surface area contributed by atoms with Gasteiger partial charge in [-0.15, -0.1) is 0 Å². The van der Waals surface area contributed by atoms with Crippen LogP contribution in [0.25, 0.3) is 11.3 Å². The zero-order valence-electron chi connectivity index (χ0n) is 13.1. The van der Waals surface area contributed by atoms with E-state index in [0.717, 1.165) is 0 Å². The quantitative estimate of drug-likeness (QED) is 0.891. The van der Waals surface area contributed by atoms with E-state index in [2.05, 4.69) is 5.32 Å². The molecule has 1 heterocycles. The number of amides is 2. The van der Waals surface area contributed by atoms with Crippen molar-refractivity contribution in [2.75, 3.05) is 19.6 Å². The number of rotatable bonds is 6. The molecule has 0 atom stereocenters. The predicted molar refractivity (Wildman–Crippen MR) is 84.4 cm³/mol. The number of nitrogens with zero attached hydrogens (tertiary/aromatic N) is 1. The molecular weight excluding hydrogens is 299 g/mol. The van der Waals surface area contributed by atoms with E-state index < -0.39 is 11.7 Å². The maximum absolute atomic E-state index is 13.8. The summed E-state index contributed by atoms with van der Waals surface area (Å²) in [6.45, 7) is 4.41.